The summed E-state index contributed by atoms with van der Waals surface area (Å²) in [5, 5.41) is -0.300. The number of nitrogen functional groups attached to an aromatic ring is 1. The largest absolute Gasteiger partial charge is 0.384 e. The zero-order valence-corrected chi connectivity index (χ0v) is 27.7. The van der Waals surface area contributed by atoms with Gasteiger partial charge in [0.1, 0.15) is 11.6 Å². The molecule has 2 unspecified atom stereocenters. The number of aromatic nitrogens is 2. The number of nitrogens with zero attached hydrogens (tertiary/aromatic N) is 3. The normalized spacial score (nSPS) is 21.8. The summed E-state index contributed by atoms with van der Waals surface area (Å²) >= 11 is 0. The van der Waals surface area contributed by atoms with E-state index in [2.05, 4.69) is 83.0 Å². The molecule has 0 bridgehead atoms. The van der Waals surface area contributed by atoms with Crippen LogP contribution in [0.15, 0.2) is 35.4 Å². The fourth-order valence-electron chi connectivity index (χ4n) is 6.69. The molecule has 0 radical (unpaired) electrons. The molecule has 2 aliphatic rings. The van der Waals surface area contributed by atoms with Crippen LogP contribution in [-0.2, 0) is 15.4 Å². The molecule has 0 aromatic carbocycles. The smallest absolute Gasteiger partial charge is 0.281 e. The van der Waals surface area contributed by atoms with E-state index in [1.807, 2.05) is 6.07 Å². The molecule has 230 valence electrons. The molecule has 0 saturated carbocycles. The minimum absolute atomic E-state index is 0.0608. The highest BCUT2D eigenvalue weighted by molar-refractivity contribution is 7.90. The highest BCUT2D eigenvalue weighted by Crippen LogP contribution is 2.49. The first-order valence-corrected chi connectivity index (χ1v) is 16.7. The lowest BCUT2D eigenvalue weighted by Crippen LogP contribution is -2.41. The molecule has 1 aliphatic heterocycles. The monoisotopic (exact) mass is 595 g/mol. The molecular formula is C33H49N5O3S. The predicted octanol–water partition coefficient (Wildman–Crippen LogP) is 6.72. The average Bonchev–Trinajstić information content (AvgIpc) is 3.33. The van der Waals surface area contributed by atoms with Crippen LogP contribution in [0.1, 0.15) is 116 Å². The zero-order valence-electron chi connectivity index (χ0n) is 26.8. The van der Waals surface area contributed by atoms with E-state index in [0.717, 1.165) is 49.9 Å². The summed E-state index contributed by atoms with van der Waals surface area (Å²) in [6.07, 6.45) is 7.59. The van der Waals surface area contributed by atoms with E-state index >= 15 is 0 Å². The van der Waals surface area contributed by atoms with E-state index in [9.17, 15) is 13.2 Å². The number of carbonyl (C=O) groups excluding carboxylic acids is 1. The standard InChI is InChI=1S/C33H49N5O3S/c1-10-11-13-23-16-22(19-32(23,6)7)24-17-25(30(39)37-42(40,41)27-15-12-14-26(34)35-27)29(36-28(24)31(3,4)5)38-20-21(2)18-33(38,8)9/h12,14-17,21,23H,10-11,13,18-20H2,1-9H3,(H2,34,35)(H,37,39). The van der Waals surface area contributed by atoms with Crippen molar-refractivity contribution in [1.82, 2.24) is 14.7 Å². The lowest BCUT2D eigenvalue weighted by molar-refractivity contribution is 0.0981. The first-order chi connectivity index (χ1) is 19.4. The maximum Gasteiger partial charge on any atom is 0.281 e. The third kappa shape index (κ3) is 6.51. The number of sulfonamides is 1. The van der Waals surface area contributed by atoms with Crippen LogP contribution in [0.4, 0.5) is 11.6 Å². The zero-order chi connectivity index (χ0) is 31.3. The number of hydrogen-bond donors (Lipinski definition) is 2. The Morgan fingerprint density at radius 1 is 1.17 bits per heavy atom. The molecule has 42 heavy (non-hydrogen) atoms. The van der Waals surface area contributed by atoms with Gasteiger partial charge in [0.25, 0.3) is 15.9 Å². The quantitative estimate of drug-likeness (QED) is 0.348. The van der Waals surface area contributed by atoms with E-state index in [-0.39, 0.29) is 32.8 Å². The van der Waals surface area contributed by atoms with Gasteiger partial charge in [-0.3, -0.25) is 4.79 Å². The van der Waals surface area contributed by atoms with Gasteiger partial charge in [0.2, 0.25) is 0 Å². The van der Waals surface area contributed by atoms with Crippen LogP contribution in [0, 0.1) is 17.3 Å². The van der Waals surface area contributed by atoms with Crippen LogP contribution in [0.3, 0.4) is 0 Å². The van der Waals surface area contributed by atoms with Gasteiger partial charge in [-0.15, -0.1) is 0 Å². The summed E-state index contributed by atoms with van der Waals surface area (Å²) in [6, 6.07) is 6.22. The van der Waals surface area contributed by atoms with Gasteiger partial charge in [-0.2, -0.15) is 8.42 Å². The highest BCUT2D eigenvalue weighted by Gasteiger charge is 2.42. The predicted molar refractivity (Wildman–Crippen MR) is 171 cm³/mol. The number of unbranched alkanes of at least 4 members (excludes halogenated alkanes) is 1. The topological polar surface area (TPSA) is 118 Å². The first-order valence-electron chi connectivity index (χ1n) is 15.2. The lowest BCUT2D eigenvalue weighted by Gasteiger charge is -2.35. The van der Waals surface area contributed by atoms with E-state index in [1.165, 1.54) is 23.8 Å². The number of nitrogens with one attached hydrogen (secondary N) is 1. The second-order valence-electron chi connectivity index (χ2n) is 14.7. The summed E-state index contributed by atoms with van der Waals surface area (Å²) in [5.74, 6) is 0.676. The van der Waals surface area contributed by atoms with E-state index < -0.39 is 15.9 Å². The van der Waals surface area contributed by atoms with Crippen molar-refractivity contribution in [3.63, 3.8) is 0 Å². The Hall–Kier alpha value is -2.94. The minimum Gasteiger partial charge on any atom is -0.384 e. The van der Waals surface area contributed by atoms with Gasteiger partial charge in [0, 0.05) is 23.1 Å². The van der Waals surface area contributed by atoms with Crippen molar-refractivity contribution in [2.24, 2.45) is 17.3 Å². The lowest BCUT2D eigenvalue weighted by atomic mass is 9.77. The molecule has 0 spiro atoms. The van der Waals surface area contributed by atoms with Crippen molar-refractivity contribution in [3.05, 3.63) is 47.2 Å². The Morgan fingerprint density at radius 3 is 2.43 bits per heavy atom. The van der Waals surface area contributed by atoms with Gasteiger partial charge in [-0.05, 0) is 74.1 Å². The number of nitrogens with two attached hydrogens (primary N) is 1. The van der Waals surface area contributed by atoms with Crippen molar-refractivity contribution in [3.8, 4) is 0 Å². The molecule has 1 saturated heterocycles. The Labute approximate surface area is 252 Å². The van der Waals surface area contributed by atoms with Gasteiger partial charge >= 0.3 is 0 Å². The molecule has 2 atom stereocenters. The molecule has 1 fully saturated rings. The molecular weight excluding hydrogens is 546 g/mol. The average molecular weight is 596 g/mol. The van der Waals surface area contributed by atoms with Crippen LogP contribution < -0.4 is 15.4 Å². The molecule has 1 amide bonds. The first kappa shape index (κ1) is 32.0. The van der Waals surface area contributed by atoms with Crippen LogP contribution >= 0.6 is 0 Å². The van der Waals surface area contributed by atoms with E-state index in [1.54, 1.807) is 0 Å². The third-order valence-corrected chi connectivity index (χ3v) is 10.0. The highest BCUT2D eigenvalue weighted by atomic mass is 32.2. The number of pyridine rings is 2. The summed E-state index contributed by atoms with van der Waals surface area (Å²) in [4.78, 5) is 25.4. The molecule has 3 heterocycles. The number of amides is 1. The number of rotatable bonds is 8. The number of hydrogen-bond acceptors (Lipinski definition) is 7. The summed E-state index contributed by atoms with van der Waals surface area (Å²) in [5.41, 5.74) is 8.53. The Morgan fingerprint density at radius 2 is 1.86 bits per heavy atom. The number of anilines is 2. The molecule has 4 rings (SSSR count). The fourth-order valence-corrected chi connectivity index (χ4v) is 7.64. The molecule has 8 nitrogen and oxygen atoms in total. The third-order valence-electron chi connectivity index (χ3n) is 8.80. The Balaban J connectivity index is 1.90. The van der Waals surface area contributed by atoms with Crippen molar-refractivity contribution in [1.29, 1.82) is 0 Å². The number of carbonyl (C=O) groups is 1. The number of allylic oxidation sites excluding steroid dienone is 2. The summed E-state index contributed by atoms with van der Waals surface area (Å²) < 4.78 is 28.8. The SMILES string of the molecule is CCCCC1C=C(c2cc(C(=O)NS(=O)(=O)c3cccc(N)n3)c(N3CC(C)CC3(C)C)nc2C(C)(C)C)CC1(C)C. The molecule has 3 N–H and O–H groups in total. The van der Waals surface area contributed by atoms with Crippen LogP contribution in [0.2, 0.25) is 0 Å². The molecule has 1 aliphatic carbocycles. The minimum atomic E-state index is -4.27. The van der Waals surface area contributed by atoms with Crippen molar-refractivity contribution in [2.75, 3.05) is 17.2 Å². The molecule has 2 aromatic heterocycles. The maximum atomic E-state index is 14.0. The second kappa shape index (κ2) is 11.3. The van der Waals surface area contributed by atoms with Gasteiger partial charge < -0.3 is 10.6 Å². The van der Waals surface area contributed by atoms with E-state index in [0.29, 0.717) is 17.7 Å². The molecule has 9 heteroatoms. The van der Waals surface area contributed by atoms with Gasteiger partial charge in [0.05, 0.1) is 11.3 Å². The second-order valence-corrected chi connectivity index (χ2v) is 16.3. The van der Waals surface area contributed by atoms with Gasteiger partial charge in [-0.1, -0.05) is 73.5 Å². The Kier molecular flexibility index (Phi) is 8.59. The van der Waals surface area contributed by atoms with Crippen molar-refractivity contribution >= 4 is 33.1 Å². The molecule has 2 aromatic rings. The van der Waals surface area contributed by atoms with Crippen LogP contribution in [0.25, 0.3) is 5.57 Å². The summed E-state index contributed by atoms with van der Waals surface area (Å²) in [6.45, 7) is 20.5. The Bertz CT molecular complexity index is 1490. The van der Waals surface area contributed by atoms with Crippen molar-refractivity contribution < 1.29 is 13.2 Å². The fraction of sp³-hybridized carbons (Fsp3) is 0.606. The summed E-state index contributed by atoms with van der Waals surface area (Å²) in [7, 11) is -4.27. The van der Waals surface area contributed by atoms with Crippen molar-refractivity contribution in [2.45, 2.75) is 110 Å². The van der Waals surface area contributed by atoms with Gasteiger partial charge in [-0.25, -0.2) is 14.7 Å². The van der Waals surface area contributed by atoms with Gasteiger partial charge in [0.15, 0.2) is 5.03 Å². The van der Waals surface area contributed by atoms with E-state index in [4.69, 9.17) is 10.7 Å². The van der Waals surface area contributed by atoms with Crippen LogP contribution in [-0.4, -0.2) is 36.4 Å². The maximum absolute atomic E-state index is 14.0. The van der Waals surface area contributed by atoms with Crippen LogP contribution in [0.5, 0.6) is 0 Å².